The predicted molar refractivity (Wildman–Crippen MR) is 75.1 cm³/mol. The molecule has 8 heteroatoms. The van der Waals surface area contributed by atoms with Crippen molar-refractivity contribution in [3.63, 3.8) is 0 Å². The predicted octanol–water partition coefficient (Wildman–Crippen LogP) is 2.38. The van der Waals surface area contributed by atoms with Gasteiger partial charge in [0.25, 0.3) is 5.91 Å². The summed E-state index contributed by atoms with van der Waals surface area (Å²) in [6.45, 7) is -0.769. The van der Waals surface area contributed by atoms with Crippen LogP contribution in [0.25, 0.3) is 0 Å². The van der Waals surface area contributed by atoms with Crippen molar-refractivity contribution in [2.24, 2.45) is 0 Å². The van der Waals surface area contributed by atoms with E-state index in [-0.39, 0.29) is 22.8 Å². The van der Waals surface area contributed by atoms with Crippen molar-refractivity contribution in [3.8, 4) is 0 Å². The van der Waals surface area contributed by atoms with E-state index in [1.807, 2.05) is 0 Å². The standard InChI is InChI=1S/C13H15ClF2N4O/c1-20-9-5-17-10(7-3-2-4-8(7)14)19-11(9)18-6-13(15,16)12(20)21/h5,7-8H,2-4,6H2,1H3,(H,17,18,19). The zero-order chi connectivity index (χ0) is 15.2. The Bertz CT molecular complexity index is 583. The van der Waals surface area contributed by atoms with Crippen LogP contribution in [-0.4, -0.2) is 40.8 Å². The second-order valence-electron chi connectivity index (χ2n) is 5.44. The molecule has 2 atom stereocenters. The first-order valence-electron chi connectivity index (χ1n) is 6.81. The fourth-order valence-corrected chi connectivity index (χ4v) is 3.17. The summed E-state index contributed by atoms with van der Waals surface area (Å²) in [5, 5.41) is 2.52. The molecule has 21 heavy (non-hydrogen) atoms. The molecule has 2 heterocycles. The highest BCUT2D eigenvalue weighted by Gasteiger charge is 2.44. The lowest BCUT2D eigenvalue weighted by Crippen LogP contribution is -2.43. The Labute approximate surface area is 125 Å². The van der Waals surface area contributed by atoms with Gasteiger partial charge >= 0.3 is 5.92 Å². The lowest BCUT2D eigenvalue weighted by Gasteiger charge is -2.19. The highest BCUT2D eigenvalue weighted by Crippen LogP contribution is 2.38. The quantitative estimate of drug-likeness (QED) is 0.808. The molecule has 0 saturated heterocycles. The average molecular weight is 317 g/mol. The Balaban J connectivity index is 1.97. The van der Waals surface area contributed by atoms with Gasteiger partial charge in [-0.1, -0.05) is 6.42 Å². The van der Waals surface area contributed by atoms with Gasteiger partial charge in [-0.3, -0.25) is 4.79 Å². The summed E-state index contributed by atoms with van der Waals surface area (Å²) in [4.78, 5) is 21.1. The van der Waals surface area contributed by atoms with Gasteiger partial charge < -0.3 is 10.2 Å². The van der Waals surface area contributed by atoms with Gasteiger partial charge in [0.1, 0.15) is 11.5 Å². The zero-order valence-electron chi connectivity index (χ0n) is 11.4. The maximum Gasteiger partial charge on any atom is 0.341 e. The van der Waals surface area contributed by atoms with Crippen molar-refractivity contribution in [1.82, 2.24) is 9.97 Å². The van der Waals surface area contributed by atoms with Gasteiger partial charge in [-0.2, -0.15) is 8.78 Å². The van der Waals surface area contributed by atoms with Crippen LogP contribution in [0.2, 0.25) is 0 Å². The van der Waals surface area contributed by atoms with E-state index in [1.54, 1.807) is 0 Å². The number of halogens is 3. The second kappa shape index (κ2) is 5.05. The van der Waals surface area contributed by atoms with Crippen molar-refractivity contribution >= 4 is 29.0 Å². The minimum atomic E-state index is -3.46. The van der Waals surface area contributed by atoms with Gasteiger partial charge in [-0.05, 0) is 12.8 Å². The molecule has 1 aromatic heterocycles. The molecule has 5 nitrogen and oxygen atoms in total. The Morgan fingerprint density at radius 1 is 1.48 bits per heavy atom. The maximum atomic E-state index is 13.6. The molecule has 1 N–H and O–H groups in total. The topological polar surface area (TPSA) is 58.1 Å². The van der Waals surface area contributed by atoms with Crippen LogP contribution in [0, 0.1) is 0 Å². The van der Waals surface area contributed by atoms with Gasteiger partial charge in [0.15, 0.2) is 5.82 Å². The van der Waals surface area contributed by atoms with Crippen LogP contribution in [0.15, 0.2) is 6.20 Å². The molecule has 1 saturated carbocycles. The number of alkyl halides is 3. The summed E-state index contributed by atoms with van der Waals surface area (Å²) in [5.41, 5.74) is 0.255. The van der Waals surface area contributed by atoms with Crippen LogP contribution < -0.4 is 10.2 Å². The lowest BCUT2D eigenvalue weighted by molar-refractivity contribution is -0.140. The molecule has 0 radical (unpaired) electrons. The van der Waals surface area contributed by atoms with Crippen LogP contribution >= 0.6 is 11.6 Å². The number of hydrogen-bond donors (Lipinski definition) is 1. The van der Waals surface area contributed by atoms with Gasteiger partial charge in [-0.25, -0.2) is 9.97 Å². The van der Waals surface area contributed by atoms with Crippen molar-refractivity contribution in [1.29, 1.82) is 0 Å². The van der Waals surface area contributed by atoms with E-state index >= 15 is 0 Å². The average Bonchev–Trinajstić information content (AvgIpc) is 2.86. The Hall–Kier alpha value is -1.50. The van der Waals surface area contributed by atoms with E-state index in [2.05, 4.69) is 15.3 Å². The fraction of sp³-hybridized carbons (Fsp3) is 0.615. The Morgan fingerprint density at radius 2 is 2.24 bits per heavy atom. The molecule has 1 fully saturated rings. The summed E-state index contributed by atoms with van der Waals surface area (Å²) in [6.07, 6.45) is 4.20. The summed E-state index contributed by atoms with van der Waals surface area (Å²) in [7, 11) is 1.30. The van der Waals surface area contributed by atoms with Crippen LogP contribution in [0.5, 0.6) is 0 Å². The summed E-state index contributed by atoms with van der Waals surface area (Å²) < 4.78 is 27.2. The van der Waals surface area contributed by atoms with Crippen LogP contribution in [0.3, 0.4) is 0 Å². The van der Waals surface area contributed by atoms with E-state index in [1.165, 1.54) is 13.2 Å². The zero-order valence-corrected chi connectivity index (χ0v) is 12.2. The molecule has 2 unspecified atom stereocenters. The third-order valence-corrected chi connectivity index (χ3v) is 4.53. The summed E-state index contributed by atoms with van der Waals surface area (Å²) in [6, 6.07) is 0. The van der Waals surface area contributed by atoms with E-state index in [4.69, 9.17) is 11.6 Å². The number of nitrogens with zero attached hydrogens (tertiary/aromatic N) is 3. The van der Waals surface area contributed by atoms with E-state index in [0.717, 1.165) is 24.2 Å². The molecule has 0 spiro atoms. The number of carbonyl (C=O) groups is 1. The number of fused-ring (bicyclic) bond motifs is 1. The molecular formula is C13H15ClF2N4O. The molecule has 1 aliphatic carbocycles. The number of nitrogens with one attached hydrogen (secondary N) is 1. The Morgan fingerprint density at radius 3 is 2.90 bits per heavy atom. The molecule has 114 valence electrons. The Kier molecular flexibility index (Phi) is 3.47. The molecule has 2 aliphatic rings. The largest absolute Gasteiger partial charge is 0.362 e. The number of anilines is 2. The normalized spacial score (nSPS) is 28.0. The van der Waals surface area contributed by atoms with Crippen molar-refractivity contribution in [2.75, 3.05) is 23.8 Å². The minimum Gasteiger partial charge on any atom is -0.362 e. The van der Waals surface area contributed by atoms with Gasteiger partial charge in [-0.15, -0.1) is 11.6 Å². The number of aromatic nitrogens is 2. The van der Waals surface area contributed by atoms with Crippen molar-refractivity contribution in [2.45, 2.75) is 36.5 Å². The molecule has 1 aromatic rings. The number of amides is 1. The smallest absolute Gasteiger partial charge is 0.341 e. The highest BCUT2D eigenvalue weighted by molar-refractivity contribution is 6.21. The highest BCUT2D eigenvalue weighted by atomic mass is 35.5. The van der Waals surface area contributed by atoms with Crippen LogP contribution in [0.1, 0.15) is 31.0 Å². The molecular weight excluding hydrogens is 302 g/mol. The monoisotopic (exact) mass is 316 g/mol. The van der Waals surface area contributed by atoms with Gasteiger partial charge in [0.2, 0.25) is 0 Å². The minimum absolute atomic E-state index is 0.0311. The third kappa shape index (κ3) is 2.43. The van der Waals surface area contributed by atoms with Crippen molar-refractivity contribution in [3.05, 3.63) is 12.0 Å². The van der Waals surface area contributed by atoms with E-state index < -0.39 is 18.4 Å². The summed E-state index contributed by atoms with van der Waals surface area (Å²) in [5.74, 6) is -3.89. The molecule has 0 aromatic carbocycles. The first-order chi connectivity index (χ1) is 9.90. The van der Waals surface area contributed by atoms with Crippen LogP contribution in [0.4, 0.5) is 20.3 Å². The first-order valence-corrected chi connectivity index (χ1v) is 7.24. The third-order valence-electron chi connectivity index (χ3n) is 4.01. The summed E-state index contributed by atoms with van der Waals surface area (Å²) >= 11 is 6.24. The molecule has 3 rings (SSSR count). The number of hydrogen-bond acceptors (Lipinski definition) is 4. The second-order valence-corrected chi connectivity index (χ2v) is 6.00. The maximum absolute atomic E-state index is 13.6. The molecule has 0 bridgehead atoms. The number of rotatable bonds is 1. The molecule has 1 aliphatic heterocycles. The molecule has 1 amide bonds. The van der Waals surface area contributed by atoms with Gasteiger partial charge in [0.05, 0.1) is 12.7 Å². The van der Waals surface area contributed by atoms with E-state index in [0.29, 0.717) is 5.82 Å². The van der Waals surface area contributed by atoms with Gasteiger partial charge in [0, 0.05) is 18.3 Å². The SMILES string of the molecule is CN1C(=O)C(F)(F)CNc2nc(C3CCCC3Cl)ncc21. The lowest BCUT2D eigenvalue weighted by atomic mass is 10.1. The first kappa shape index (κ1) is 14.4. The number of carbonyl (C=O) groups excluding carboxylic acids is 1. The van der Waals surface area contributed by atoms with Crippen molar-refractivity contribution < 1.29 is 13.6 Å². The fourth-order valence-electron chi connectivity index (χ4n) is 2.77. The van der Waals surface area contributed by atoms with E-state index in [9.17, 15) is 13.6 Å². The van der Waals surface area contributed by atoms with Crippen LogP contribution in [-0.2, 0) is 4.79 Å².